The highest BCUT2D eigenvalue weighted by Crippen LogP contribution is 2.16. The van der Waals surface area contributed by atoms with Crippen molar-refractivity contribution in [2.24, 2.45) is 5.92 Å². The van der Waals surface area contributed by atoms with Crippen LogP contribution in [0.2, 0.25) is 0 Å². The Morgan fingerprint density at radius 3 is 2.71 bits per heavy atom. The topological polar surface area (TPSA) is 29.1 Å². The summed E-state index contributed by atoms with van der Waals surface area (Å²) in [6.45, 7) is 6.16. The second kappa shape index (κ2) is 7.07. The summed E-state index contributed by atoms with van der Waals surface area (Å²) in [5, 5.41) is 3.08. The van der Waals surface area contributed by atoms with Gasteiger partial charge < -0.3 is 5.32 Å². The number of amides is 1. The van der Waals surface area contributed by atoms with Crippen LogP contribution in [0.15, 0.2) is 12.1 Å². The zero-order valence-electron chi connectivity index (χ0n) is 10.9. The summed E-state index contributed by atoms with van der Waals surface area (Å²) in [7, 11) is 0. The standard InChI is InChI=1S/C13H21NOS2/c1-9(8-16-4)13(15)14-10(2)7-12-6-5-11(3)17-12/h5-6,9-10H,7-8H2,1-4H3,(H,14,15)/t9-,10-/m0/s1. The molecule has 1 aromatic rings. The first-order valence-corrected chi connectivity index (χ1v) is 8.08. The highest BCUT2D eigenvalue weighted by Gasteiger charge is 2.15. The first-order valence-electron chi connectivity index (χ1n) is 5.87. The van der Waals surface area contributed by atoms with Gasteiger partial charge in [0, 0.05) is 33.9 Å². The molecule has 2 atom stereocenters. The van der Waals surface area contributed by atoms with E-state index in [1.807, 2.05) is 13.2 Å². The molecule has 2 nitrogen and oxygen atoms in total. The third kappa shape index (κ3) is 5.13. The number of rotatable bonds is 6. The number of hydrogen-bond donors (Lipinski definition) is 1. The van der Waals surface area contributed by atoms with Gasteiger partial charge in [-0.05, 0) is 32.2 Å². The third-order valence-electron chi connectivity index (χ3n) is 2.56. The molecule has 1 N–H and O–H groups in total. The van der Waals surface area contributed by atoms with Gasteiger partial charge in [-0.15, -0.1) is 11.3 Å². The molecule has 0 bridgehead atoms. The Hall–Kier alpha value is -0.480. The maximum atomic E-state index is 11.8. The van der Waals surface area contributed by atoms with Crippen molar-refractivity contribution < 1.29 is 4.79 Å². The molecule has 1 amide bonds. The molecule has 0 saturated carbocycles. The molecule has 0 aliphatic carbocycles. The lowest BCUT2D eigenvalue weighted by Crippen LogP contribution is -2.38. The number of nitrogens with one attached hydrogen (secondary N) is 1. The zero-order valence-corrected chi connectivity index (χ0v) is 12.6. The zero-order chi connectivity index (χ0) is 12.8. The quantitative estimate of drug-likeness (QED) is 0.861. The molecular formula is C13H21NOS2. The van der Waals surface area contributed by atoms with Crippen LogP contribution in [-0.4, -0.2) is 24.0 Å². The molecule has 1 aromatic heterocycles. The summed E-state index contributed by atoms with van der Waals surface area (Å²) in [6, 6.07) is 4.49. The van der Waals surface area contributed by atoms with E-state index in [0.29, 0.717) is 0 Å². The molecule has 0 aromatic carbocycles. The number of thiophene rings is 1. The predicted octanol–water partition coefficient (Wildman–Crippen LogP) is 3.10. The lowest BCUT2D eigenvalue weighted by molar-refractivity contribution is -0.124. The van der Waals surface area contributed by atoms with Crippen LogP contribution >= 0.6 is 23.1 Å². The first-order chi connectivity index (χ1) is 8.02. The van der Waals surface area contributed by atoms with E-state index >= 15 is 0 Å². The molecule has 0 saturated heterocycles. The van der Waals surface area contributed by atoms with Gasteiger partial charge in [-0.2, -0.15) is 11.8 Å². The average Bonchev–Trinajstić information content (AvgIpc) is 2.64. The molecule has 0 unspecified atom stereocenters. The monoisotopic (exact) mass is 271 g/mol. The molecule has 1 heterocycles. The van der Waals surface area contributed by atoms with Crippen LogP contribution in [0, 0.1) is 12.8 Å². The van der Waals surface area contributed by atoms with E-state index in [1.54, 1.807) is 23.1 Å². The normalized spacial score (nSPS) is 14.4. The molecule has 0 fully saturated rings. The lowest BCUT2D eigenvalue weighted by Gasteiger charge is -2.16. The molecule has 1 rings (SSSR count). The van der Waals surface area contributed by atoms with Gasteiger partial charge in [0.2, 0.25) is 5.91 Å². The second-order valence-electron chi connectivity index (χ2n) is 4.48. The van der Waals surface area contributed by atoms with Gasteiger partial charge >= 0.3 is 0 Å². The molecular weight excluding hydrogens is 250 g/mol. The van der Waals surface area contributed by atoms with Crippen molar-refractivity contribution in [3.8, 4) is 0 Å². The molecule has 17 heavy (non-hydrogen) atoms. The van der Waals surface area contributed by atoms with E-state index in [2.05, 4.69) is 31.3 Å². The van der Waals surface area contributed by atoms with Gasteiger partial charge in [0.15, 0.2) is 0 Å². The summed E-state index contributed by atoms with van der Waals surface area (Å²) in [5.41, 5.74) is 0. The van der Waals surface area contributed by atoms with Crippen molar-refractivity contribution in [2.75, 3.05) is 12.0 Å². The SMILES string of the molecule is CSC[C@H](C)C(=O)N[C@@H](C)Cc1ccc(C)s1. The van der Waals surface area contributed by atoms with E-state index in [4.69, 9.17) is 0 Å². The van der Waals surface area contributed by atoms with Crippen molar-refractivity contribution in [3.63, 3.8) is 0 Å². The second-order valence-corrected chi connectivity index (χ2v) is 6.77. The molecule has 0 radical (unpaired) electrons. The Morgan fingerprint density at radius 2 is 2.18 bits per heavy atom. The molecule has 4 heteroatoms. The summed E-state index contributed by atoms with van der Waals surface area (Å²) >= 11 is 3.52. The van der Waals surface area contributed by atoms with Crippen molar-refractivity contribution in [1.82, 2.24) is 5.32 Å². The molecule has 0 aliphatic heterocycles. The highest BCUT2D eigenvalue weighted by atomic mass is 32.2. The van der Waals surface area contributed by atoms with Gasteiger partial charge in [-0.1, -0.05) is 6.92 Å². The van der Waals surface area contributed by atoms with E-state index in [1.165, 1.54) is 9.75 Å². The highest BCUT2D eigenvalue weighted by molar-refractivity contribution is 7.98. The van der Waals surface area contributed by atoms with E-state index in [9.17, 15) is 4.79 Å². The van der Waals surface area contributed by atoms with Gasteiger partial charge in [0.1, 0.15) is 0 Å². The third-order valence-corrected chi connectivity index (χ3v) is 4.41. The van der Waals surface area contributed by atoms with Crippen molar-refractivity contribution in [3.05, 3.63) is 21.9 Å². The Morgan fingerprint density at radius 1 is 1.47 bits per heavy atom. The minimum atomic E-state index is 0.0949. The van der Waals surface area contributed by atoms with Crippen LogP contribution in [-0.2, 0) is 11.2 Å². The Labute approximate surface area is 112 Å². The van der Waals surface area contributed by atoms with Crippen molar-refractivity contribution >= 4 is 29.0 Å². The van der Waals surface area contributed by atoms with E-state index < -0.39 is 0 Å². The van der Waals surface area contributed by atoms with Crippen LogP contribution in [0.5, 0.6) is 0 Å². The van der Waals surface area contributed by atoms with Gasteiger partial charge in [0.25, 0.3) is 0 Å². The van der Waals surface area contributed by atoms with Crippen LogP contribution < -0.4 is 5.32 Å². The number of carbonyl (C=O) groups is 1. The number of thioether (sulfide) groups is 1. The smallest absolute Gasteiger partial charge is 0.223 e. The molecule has 0 spiro atoms. The summed E-state index contributed by atoms with van der Waals surface area (Å²) in [6.07, 6.45) is 2.96. The summed E-state index contributed by atoms with van der Waals surface area (Å²) < 4.78 is 0. The lowest BCUT2D eigenvalue weighted by atomic mass is 10.1. The fraction of sp³-hybridized carbons (Fsp3) is 0.615. The van der Waals surface area contributed by atoms with Crippen LogP contribution in [0.4, 0.5) is 0 Å². The van der Waals surface area contributed by atoms with Crippen LogP contribution in [0.25, 0.3) is 0 Å². The minimum Gasteiger partial charge on any atom is -0.353 e. The predicted molar refractivity (Wildman–Crippen MR) is 77.9 cm³/mol. The Kier molecular flexibility index (Phi) is 6.06. The molecule has 0 aliphatic rings. The largest absolute Gasteiger partial charge is 0.353 e. The van der Waals surface area contributed by atoms with Crippen molar-refractivity contribution in [2.45, 2.75) is 33.2 Å². The van der Waals surface area contributed by atoms with Crippen LogP contribution in [0.1, 0.15) is 23.6 Å². The fourth-order valence-electron chi connectivity index (χ4n) is 1.66. The number of aryl methyl sites for hydroxylation is 1. The summed E-state index contributed by atoms with van der Waals surface area (Å²) in [4.78, 5) is 14.5. The van der Waals surface area contributed by atoms with Gasteiger partial charge in [0.05, 0.1) is 0 Å². The van der Waals surface area contributed by atoms with Crippen LogP contribution in [0.3, 0.4) is 0 Å². The Bertz CT molecular complexity index is 362. The maximum absolute atomic E-state index is 11.8. The van der Waals surface area contributed by atoms with Gasteiger partial charge in [-0.3, -0.25) is 4.79 Å². The minimum absolute atomic E-state index is 0.0949. The fourth-order valence-corrected chi connectivity index (χ4v) is 3.33. The number of hydrogen-bond acceptors (Lipinski definition) is 3. The van der Waals surface area contributed by atoms with E-state index in [0.717, 1.165) is 12.2 Å². The first kappa shape index (κ1) is 14.6. The summed E-state index contributed by atoms with van der Waals surface area (Å²) in [5.74, 6) is 1.15. The number of carbonyl (C=O) groups excluding carboxylic acids is 1. The Balaban J connectivity index is 2.38. The van der Waals surface area contributed by atoms with E-state index in [-0.39, 0.29) is 17.9 Å². The van der Waals surface area contributed by atoms with Crippen molar-refractivity contribution in [1.29, 1.82) is 0 Å². The van der Waals surface area contributed by atoms with Gasteiger partial charge in [-0.25, -0.2) is 0 Å². The average molecular weight is 271 g/mol. The maximum Gasteiger partial charge on any atom is 0.223 e. The molecule has 96 valence electrons.